The normalized spacial score (nSPS) is 24.6. The Hall–Kier alpha value is -1.36. The van der Waals surface area contributed by atoms with Crippen LogP contribution in [0.15, 0.2) is 0 Å². The van der Waals surface area contributed by atoms with Crippen LogP contribution in [0.3, 0.4) is 0 Å². The fraction of sp³-hybridized carbons (Fsp3) is 0.750. The number of aliphatic hydroxyl groups is 1. The van der Waals surface area contributed by atoms with Crippen molar-refractivity contribution in [2.24, 2.45) is 5.92 Å². The van der Waals surface area contributed by atoms with Crippen molar-refractivity contribution < 1.29 is 5.11 Å². The van der Waals surface area contributed by atoms with E-state index in [1.807, 2.05) is 0 Å². The highest BCUT2D eigenvalue weighted by molar-refractivity contribution is 5.58. The van der Waals surface area contributed by atoms with Gasteiger partial charge in [0.15, 0.2) is 0 Å². The molecule has 21 heavy (non-hydrogen) atoms. The Bertz CT molecular complexity index is 509. The standard InChI is InChI=1S/C16H26N4O/c1-4-17-14-10(2)16(19-15(18-14)12-5-6-12)20(3)9-11-7-13(21)8-11/h11-13,21H,4-9H2,1-3H3,(H,17,18,19). The Morgan fingerprint density at radius 2 is 2.00 bits per heavy atom. The minimum atomic E-state index is -0.0887. The summed E-state index contributed by atoms with van der Waals surface area (Å²) in [4.78, 5) is 11.8. The van der Waals surface area contributed by atoms with Gasteiger partial charge in [0.1, 0.15) is 17.5 Å². The van der Waals surface area contributed by atoms with E-state index < -0.39 is 0 Å². The predicted octanol–water partition coefficient (Wildman–Crippen LogP) is 2.30. The molecule has 1 aromatic rings. The monoisotopic (exact) mass is 290 g/mol. The molecule has 2 saturated carbocycles. The van der Waals surface area contributed by atoms with Crippen molar-refractivity contribution in [1.29, 1.82) is 0 Å². The highest BCUT2D eigenvalue weighted by Gasteiger charge is 2.31. The zero-order valence-electron chi connectivity index (χ0n) is 13.3. The third-order valence-corrected chi connectivity index (χ3v) is 4.53. The highest BCUT2D eigenvalue weighted by Crippen LogP contribution is 2.40. The Morgan fingerprint density at radius 3 is 2.57 bits per heavy atom. The highest BCUT2D eigenvalue weighted by atomic mass is 16.3. The smallest absolute Gasteiger partial charge is 0.137 e. The van der Waals surface area contributed by atoms with Gasteiger partial charge in [0.2, 0.25) is 0 Å². The molecule has 5 nitrogen and oxygen atoms in total. The lowest BCUT2D eigenvalue weighted by atomic mass is 9.82. The summed E-state index contributed by atoms with van der Waals surface area (Å²) in [5.74, 6) is 4.16. The first kappa shape index (κ1) is 14.6. The zero-order chi connectivity index (χ0) is 15.0. The van der Waals surface area contributed by atoms with Crippen LogP contribution in [0, 0.1) is 12.8 Å². The zero-order valence-corrected chi connectivity index (χ0v) is 13.3. The largest absolute Gasteiger partial charge is 0.393 e. The van der Waals surface area contributed by atoms with Crippen molar-refractivity contribution >= 4 is 11.6 Å². The van der Waals surface area contributed by atoms with Gasteiger partial charge in [-0.15, -0.1) is 0 Å². The van der Waals surface area contributed by atoms with Gasteiger partial charge in [0.05, 0.1) is 6.10 Å². The van der Waals surface area contributed by atoms with Crippen LogP contribution in [-0.4, -0.2) is 41.3 Å². The molecule has 2 N–H and O–H groups in total. The number of aromatic nitrogens is 2. The molecule has 2 aliphatic rings. The Kier molecular flexibility index (Phi) is 4.02. The van der Waals surface area contributed by atoms with E-state index in [0.29, 0.717) is 11.8 Å². The molecule has 0 unspecified atom stereocenters. The molecule has 1 aromatic heterocycles. The first-order valence-electron chi connectivity index (χ1n) is 8.10. The fourth-order valence-electron chi connectivity index (χ4n) is 3.08. The van der Waals surface area contributed by atoms with E-state index in [1.165, 1.54) is 12.8 Å². The molecule has 0 bridgehead atoms. The molecule has 0 radical (unpaired) electrons. The Morgan fingerprint density at radius 1 is 1.29 bits per heavy atom. The molecule has 0 spiro atoms. The van der Waals surface area contributed by atoms with E-state index in [1.54, 1.807) is 0 Å². The molecule has 0 aliphatic heterocycles. The van der Waals surface area contributed by atoms with Crippen LogP contribution in [0.4, 0.5) is 11.6 Å². The molecule has 5 heteroatoms. The maximum atomic E-state index is 9.44. The number of nitrogens with zero attached hydrogens (tertiary/aromatic N) is 3. The third-order valence-electron chi connectivity index (χ3n) is 4.53. The lowest BCUT2D eigenvalue weighted by Crippen LogP contribution is -2.37. The lowest BCUT2D eigenvalue weighted by Gasteiger charge is -2.35. The molecule has 0 atom stereocenters. The molecule has 1 heterocycles. The van der Waals surface area contributed by atoms with Gasteiger partial charge < -0.3 is 15.3 Å². The molecule has 3 rings (SSSR count). The number of rotatable bonds is 6. The van der Waals surface area contributed by atoms with E-state index >= 15 is 0 Å². The quantitative estimate of drug-likeness (QED) is 0.842. The van der Waals surface area contributed by atoms with Crippen molar-refractivity contribution in [2.75, 3.05) is 30.4 Å². The summed E-state index contributed by atoms with van der Waals surface area (Å²) in [6.07, 6.45) is 4.18. The topological polar surface area (TPSA) is 61.3 Å². The second-order valence-electron chi connectivity index (χ2n) is 6.56. The van der Waals surface area contributed by atoms with Gasteiger partial charge in [-0.25, -0.2) is 9.97 Å². The van der Waals surface area contributed by atoms with Crippen LogP contribution in [-0.2, 0) is 0 Å². The second-order valence-corrected chi connectivity index (χ2v) is 6.56. The van der Waals surface area contributed by atoms with Crippen LogP contribution in [0.5, 0.6) is 0 Å². The number of aliphatic hydroxyl groups excluding tert-OH is 1. The van der Waals surface area contributed by atoms with Crippen molar-refractivity contribution in [1.82, 2.24) is 9.97 Å². The average molecular weight is 290 g/mol. The minimum Gasteiger partial charge on any atom is -0.393 e. The second kappa shape index (κ2) is 5.79. The van der Waals surface area contributed by atoms with Crippen molar-refractivity contribution in [2.45, 2.75) is 51.6 Å². The Labute approximate surface area is 126 Å². The van der Waals surface area contributed by atoms with E-state index in [-0.39, 0.29) is 6.10 Å². The summed E-state index contributed by atoms with van der Waals surface area (Å²) in [5.41, 5.74) is 1.13. The molecular formula is C16H26N4O. The minimum absolute atomic E-state index is 0.0887. The summed E-state index contributed by atoms with van der Waals surface area (Å²) < 4.78 is 0. The van der Waals surface area contributed by atoms with E-state index in [0.717, 1.165) is 49.0 Å². The van der Waals surface area contributed by atoms with Crippen LogP contribution >= 0.6 is 0 Å². The lowest BCUT2D eigenvalue weighted by molar-refractivity contribution is 0.0464. The maximum absolute atomic E-state index is 9.44. The third kappa shape index (κ3) is 3.12. The van der Waals surface area contributed by atoms with Crippen molar-refractivity contribution in [3.05, 3.63) is 11.4 Å². The summed E-state index contributed by atoms with van der Waals surface area (Å²) in [5, 5.41) is 12.8. The molecule has 2 fully saturated rings. The molecular weight excluding hydrogens is 264 g/mol. The van der Waals surface area contributed by atoms with Gasteiger partial charge in [-0.1, -0.05) is 0 Å². The summed E-state index contributed by atoms with van der Waals surface area (Å²) >= 11 is 0. The average Bonchev–Trinajstić information content (AvgIpc) is 3.24. The molecule has 0 aromatic carbocycles. The molecule has 0 amide bonds. The van der Waals surface area contributed by atoms with E-state index in [4.69, 9.17) is 9.97 Å². The maximum Gasteiger partial charge on any atom is 0.137 e. The molecule has 2 aliphatic carbocycles. The van der Waals surface area contributed by atoms with E-state index in [9.17, 15) is 5.11 Å². The number of anilines is 2. The van der Waals surface area contributed by atoms with Gasteiger partial charge in [-0.3, -0.25) is 0 Å². The summed E-state index contributed by atoms with van der Waals surface area (Å²) in [6.45, 7) is 6.03. The van der Waals surface area contributed by atoms with Gasteiger partial charge in [-0.2, -0.15) is 0 Å². The summed E-state index contributed by atoms with van der Waals surface area (Å²) in [6, 6.07) is 0. The fourth-order valence-corrected chi connectivity index (χ4v) is 3.08. The predicted molar refractivity (Wildman–Crippen MR) is 84.9 cm³/mol. The number of hydrogen-bond donors (Lipinski definition) is 2. The first-order valence-corrected chi connectivity index (χ1v) is 8.10. The Balaban J connectivity index is 1.81. The number of nitrogens with one attached hydrogen (secondary N) is 1. The molecule has 116 valence electrons. The SMILES string of the molecule is CCNc1nc(C2CC2)nc(N(C)CC2CC(O)C2)c1C. The van der Waals surface area contributed by atoms with E-state index in [2.05, 4.69) is 31.1 Å². The van der Waals surface area contributed by atoms with Crippen LogP contribution < -0.4 is 10.2 Å². The summed E-state index contributed by atoms with van der Waals surface area (Å²) in [7, 11) is 2.10. The van der Waals surface area contributed by atoms with Gasteiger partial charge in [-0.05, 0) is 45.4 Å². The van der Waals surface area contributed by atoms with Crippen molar-refractivity contribution in [3.8, 4) is 0 Å². The van der Waals surface area contributed by atoms with Crippen LogP contribution in [0.25, 0.3) is 0 Å². The van der Waals surface area contributed by atoms with Gasteiger partial charge >= 0.3 is 0 Å². The first-order chi connectivity index (χ1) is 10.1. The van der Waals surface area contributed by atoms with Gasteiger partial charge in [0, 0.05) is 31.6 Å². The van der Waals surface area contributed by atoms with Crippen LogP contribution in [0.1, 0.15) is 49.9 Å². The van der Waals surface area contributed by atoms with Crippen molar-refractivity contribution in [3.63, 3.8) is 0 Å². The van der Waals surface area contributed by atoms with Crippen LogP contribution in [0.2, 0.25) is 0 Å². The van der Waals surface area contributed by atoms with Gasteiger partial charge in [0.25, 0.3) is 0 Å². The number of hydrogen-bond acceptors (Lipinski definition) is 5. The molecule has 0 saturated heterocycles.